The highest BCUT2D eigenvalue weighted by Gasteiger charge is 2.33. The van der Waals surface area contributed by atoms with Gasteiger partial charge in [-0.2, -0.15) is 5.26 Å². The summed E-state index contributed by atoms with van der Waals surface area (Å²) in [6.45, 7) is 0.342. The number of nitriles is 1. The third kappa shape index (κ3) is 2.59. The summed E-state index contributed by atoms with van der Waals surface area (Å²) in [5, 5.41) is 8.59. The monoisotopic (exact) mass is 247 g/mol. The van der Waals surface area contributed by atoms with Crippen LogP contribution in [0, 0.1) is 17.1 Å². The van der Waals surface area contributed by atoms with Gasteiger partial charge in [-0.1, -0.05) is 0 Å². The van der Waals surface area contributed by atoms with E-state index in [9.17, 15) is 9.18 Å². The largest absolute Gasteiger partial charge is 0.399 e. The van der Waals surface area contributed by atoms with Gasteiger partial charge in [0.15, 0.2) is 0 Å². The number of benzene rings is 1. The summed E-state index contributed by atoms with van der Waals surface area (Å²) in [4.78, 5) is 13.8. The quantitative estimate of drug-likeness (QED) is 0.826. The van der Waals surface area contributed by atoms with Gasteiger partial charge in [-0.25, -0.2) is 4.39 Å². The van der Waals surface area contributed by atoms with Gasteiger partial charge in [-0.15, -0.1) is 0 Å². The lowest BCUT2D eigenvalue weighted by molar-refractivity contribution is 0.0742. The fraction of sp³-hybridized carbons (Fsp3) is 0.385. The maximum absolute atomic E-state index is 13.6. The lowest BCUT2D eigenvalue weighted by atomic mass is 10.1. The standard InChI is InChI=1S/C13H14FN3O/c14-12-5-2-9(16)8-11(12)13(18)17(7-1-6-15)10-3-4-10/h2,5,8,10H,1,3-4,7,16H2. The van der Waals surface area contributed by atoms with E-state index >= 15 is 0 Å². The molecule has 0 saturated heterocycles. The van der Waals surface area contributed by atoms with Crippen LogP contribution >= 0.6 is 0 Å². The fourth-order valence-electron chi connectivity index (χ4n) is 1.87. The number of amides is 1. The average Bonchev–Trinajstić information content (AvgIpc) is 3.17. The molecule has 0 bridgehead atoms. The molecule has 5 heteroatoms. The number of nitrogens with two attached hydrogens (primary N) is 1. The third-order valence-electron chi connectivity index (χ3n) is 2.93. The number of hydrogen-bond donors (Lipinski definition) is 1. The number of carbonyl (C=O) groups excluding carboxylic acids is 1. The molecule has 1 aromatic rings. The van der Waals surface area contributed by atoms with E-state index in [4.69, 9.17) is 11.0 Å². The summed E-state index contributed by atoms with van der Waals surface area (Å²) in [5.74, 6) is -0.950. The molecule has 1 fully saturated rings. The Balaban J connectivity index is 2.22. The van der Waals surface area contributed by atoms with E-state index in [0.29, 0.717) is 12.2 Å². The highest BCUT2D eigenvalue weighted by atomic mass is 19.1. The van der Waals surface area contributed by atoms with Gasteiger partial charge >= 0.3 is 0 Å². The Kier molecular flexibility index (Phi) is 3.47. The molecule has 18 heavy (non-hydrogen) atoms. The second kappa shape index (κ2) is 5.05. The summed E-state index contributed by atoms with van der Waals surface area (Å²) in [6.07, 6.45) is 2.09. The zero-order chi connectivity index (χ0) is 13.1. The zero-order valence-electron chi connectivity index (χ0n) is 9.90. The molecule has 2 N–H and O–H groups in total. The van der Waals surface area contributed by atoms with Crippen molar-refractivity contribution in [2.45, 2.75) is 25.3 Å². The number of rotatable bonds is 4. The van der Waals surface area contributed by atoms with Crippen LogP contribution in [0.1, 0.15) is 29.6 Å². The van der Waals surface area contributed by atoms with Crippen molar-refractivity contribution < 1.29 is 9.18 Å². The number of carbonyl (C=O) groups is 1. The first-order valence-electron chi connectivity index (χ1n) is 5.86. The molecule has 1 aliphatic carbocycles. The summed E-state index contributed by atoms with van der Waals surface area (Å²) in [5.41, 5.74) is 5.91. The van der Waals surface area contributed by atoms with Gasteiger partial charge < -0.3 is 10.6 Å². The van der Waals surface area contributed by atoms with Crippen LogP contribution in [0.3, 0.4) is 0 Å². The molecule has 0 aromatic heterocycles. The van der Waals surface area contributed by atoms with Crippen LogP contribution in [-0.2, 0) is 0 Å². The Bertz CT molecular complexity index is 505. The molecule has 0 atom stereocenters. The fourth-order valence-corrected chi connectivity index (χ4v) is 1.87. The second-order valence-electron chi connectivity index (χ2n) is 4.38. The topological polar surface area (TPSA) is 70.1 Å². The molecule has 2 rings (SSSR count). The van der Waals surface area contributed by atoms with Gasteiger partial charge in [0.2, 0.25) is 0 Å². The van der Waals surface area contributed by atoms with Crippen molar-refractivity contribution in [2.75, 3.05) is 12.3 Å². The predicted molar refractivity (Wildman–Crippen MR) is 65.1 cm³/mol. The van der Waals surface area contributed by atoms with Gasteiger partial charge in [0.05, 0.1) is 18.1 Å². The molecule has 0 heterocycles. The molecule has 1 amide bonds. The maximum Gasteiger partial charge on any atom is 0.257 e. The minimum absolute atomic E-state index is 0.0140. The van der Waals surface area contributed by atoms with Crippen LogP contribution in [0.4, 0.5) is 10.1 Å². The Morgan fingerprint density at radius 2 is 2.28 bits per heavy atom. The highest BCUT2D eigenvalue weighted by Crippen LogP contribution is 2.29. The predicted octanol–water partition coefficient (Wildman–Crippen LogP) is 1.93. The summed E-state index contributed by atoms with van der Waals surface area (Å²) >= 11 is 0. The van der Waals surface area contributed by atoms with Crippen LogP contribution in [0.25, 0.3) is 0 Å². The molecular weight excluding hydrogens is 233 g/mol. The average molecular weight is 247 g/mol. The van der Waals surface area contributed by atoms with E-state index in [0.717, 1.165) is 12.8 Å². The van der Waals surface area contributed by atoms with E-state index in [1.807, 2.05) is 6.07 Å². The van der Waals surface area contributed by atoms with E-state index in [2.05, 4.69) is 0 Å². The number of hydrogen-bond acceptors (Lipinski definition) is 3. The summed E-state index contributed by atoms with van der Waals surface area (Å²) < 4.78 is 13.6. The lowest BCUT2D eigenvalue weighted by Crippen LogP contribution is -2.34. The molecule has 1 aromatic carbocycles. The van der Waals surface area contributed by atoms with E-state index in [-0.39, 0.29) is 23.9 Å². The molecular formula is C13H14FN3O. The van der Waals surface area contributed by atoms with Gasteiger partial charge in [-0.05, 0) is 31.0 Å². The Labute approximate surface area is 105 Å². The van der Waals surface area contributed by atoms with Crippen molar-refractivity contribution in [3.05, 3.63) is 29.6 Å². The highest BCUT2D eigenvalue weighted by molar-refractivity contribution is 5.95. The van der Waals surface area contributed by atoms with Gasteiger partial charge in [0.1, 0.15) is 5.82 Å². The number of nitrogens with zero attached hydrogens (tertiary/aromatic N) is 2. The number of anilines is 1. The van der Waals surface area contributed by atoms with Crippen molar-refractivity contribution in [3.8, 4) is 6.07 Å². The third-order valence-corrected chi connectivity index (χ3v) is 2.93. The first-order valence-corrected chi connectivity index (χ1v) is 5.86. The van der Waals surface area contributed by atoms with E-state index in [1.54, 1.807) is 4.90 Å². The smallest absolute Gasteiger partial charge is 0.257 e. The normalized spacial score (nSPS) is 14.0. The second-order valence-corrected chi connectivity index (χ2v) is 4.38. The molecule has 0 spiro atoms. The SMILES string of the molecule is N#CCCN(C(=O)c1cc(N)ccc1F)C1CC1. The first-order chi connectivity index (χ1) is 8.63. The van der Waals surface area contributed by atoms with Gasteiger partial charge in [0.25, 0.3) is 5.91 Å². The molecule has 1 aliphatic rings. The van der Waals surface area contributed by atoms with Gasteiger partial charge in [0, 0.05) is 18.3 Å². The lowest BCUT2D eigenvalue weighted by Gasteiger charge is -2.21. The number of halogens is 1. The van der Waals surface area contributed by atoms with Crippen molar-refractivity contribution >= 4 is 11.6 Å². The van der Waals surface area contributed by atoms with Crippen molar-refractivity contribution in [2.24, 2.45) is 0 Å². The van der Waals surface area contributed by atoms with Crippen molar-refractivity contribution in [1.29, 1.82) is 5.26 Å². The van der Waals surface area contributed by atoms with Crippen LogP contribution in [0.15, 0.2) is 18.2 Å². The summed E-state index contributed by atoms with van der Waals surface area (Å²) in [7, 11) is 0. The molecule has 0 radical (unpaired) electrons. The molecule has 0 unspecified atom stereocenters. The minimum Gasteiger partial charge on any atom is -0.399 e. The Morgan fingerprint density at radius 1 is 1.56 bits per heavy atom. The molecule has 1 saturated carbocycles. The van der Waals surface area contributed by atoms with Crippen molar-refractivity contribution in [1.82, 2.24) is 4.90 Å². The zero-order valence-corrected chi connectivity index (χ0v) is 9.90. The van der Waals surface area contributed by atoms with E-state index in [1.165, 1.54) is 18.2 Å². The molecule has 0 aliphatic heterocycles. The Morgan fingerprint density at radius 3 is 2.89 bits per heavy atom. The number of nitrogen functional groups attached to an aromatic ring is 1. The Hall–Kier alpha value is -2.09. The maximum atomic E-state index is 13.6. The minimum atomic E-state index is -0.572. The van der Waals surface area contributed by atoms with Crippen LogP contribution in [0.2, 0.25) is 0 Å². The molecule has 4 nitrogen and oxygen atoms in total. The first kappa shape index (κ1) is 12.4. The van der Waals surface area contributed by atoms with Crippen LogP contribution < -0.4 is 5.73 Å². The van der Waals surface area contributed by atoms with Crippen molar-refractivity contribution in [3.63, 3.8) is 0 Å². The van der Waals surface area contributed by atoms with E-state index < -0.39 is 5.82 Å². The van der Waals surface area contributed by atoms with Crippen LogP contribution in [0.5, 0.6) is 0 Å². The summed E-state index contributed by atoms with van der Waals surface area (Å²) in [6, 6.07) is 6.10. The molecule has 94 valence electrons. The van der Waals surface area contributed by atoms with Gasteiger partial charge in [-0.3, -0.25) is 4.79 Å². The van der Waals surface area contributed by atoms with Crippen LogP contribution in [-0.4, -0.2) is 23.4 Å².